The summed E-state index contributed by atoms with van der Waals surface area (Å²) < 4.78 is 4.55. The van der Waals surface area contributed by atoms with Gasteiger partial charge in [0.15, 0.2) is 0 Å². The zero-order chi connectivity index (χ0) is 12.3. The summed E-state index contributed by atoms with van der Waals surface area (Å²) >= 11 is 6.10. The molecule has 0 spiro atoms. The maximum absolute atomic E-state index is 11.2. The van der Waals surface area contributed by atoms with Gasteiger partial charge in [-0.1, -0.05) is 17.7 Å². The number of benzene rings is 1. The Bertz CT molecular complexity index is 407. The summed E-state index contributed by atoms with van der Waals surface area (Å²) in [4.78, 5) is 11.2. The van der Waals surface area contributed by atoms with E-state index in [9.17, 15) is 4.79 Å². The Morgan fingerprint density at radius 1 is 1.56 bits per heavy atom. The molecule has 0 saturated heterocycles. The molecule has 0 aliphatic heterocycles. The van der Waals surface area contributed by atoms with Crippen molar-refractivity contribution in [2.24, 2.45) is 5.73 Å². The van der Waals surface area contributed by atoms with Gasteiger partial charge in [-0.15, -0.1) is 0 Å². The standard InChI is InChI=1S/C11H15ClN2O2/c1-6-8(13)4-3-7(10(6)12)5-9(14)11(15)16-2/h3-4,9H,5,13-14H2,1-2H3/t9-/m1/s1. The lowest BCUT2D eigenvalue weighted by molar-refractivity contribution is -0.142. The second-order valence-corrected chi connectivity index (χ2v) is 3.96. The second-order valence-electron chi connectivity index (χ2n) is 3.59. The van der Waals surface area contributed by atoms with E-state index >= 15 is 0 Å². The van der Waals surface area contributed by atoms with Crippen molar-refractivity contribution in [3.8, 4) is 0 Å². The summed E-state index contributed by atoms with van der Waals surface area (Å²) in [5.41, 5.74) is 13.6. The van der Waals surface area contributed by atoms with Crippen molar-refractivity contribution < 1.29 is 9.53 Å². The van der Waals surface area contributed by atoms with Crippen LogP contribution in [0, 0.1) is 6.92 Å². The number of hydrogen-bond donors (Lipinski definition) is 2. The van der Waals surface area contributed by atoms with Gasteiger partial charge in [0.05, 0.1) is 7.11 Å². The largest absolute Gasteiger partial charge is 0.468 e. The fourth-order valence-corrected chi connectivity index (χ4v) is 1.63. The molecule has 1 aromatic carbocycles. The third-order valence-corrected chi connectivity index (χ3v) is 2.98. The molecule has 0 aromatic heterocycles. The molecule has 0 radical (unpaired) electrons. The molecule has 0 fully saturated rings. The molecule has 0 unspecified atom stereocenters. The Morgan fingerprint density at radius 2 is 2.19 bits per heavy atom. The van der Waals surface area contributed by atoms with Gasteiger partial charge in [0.25, 0.3) is 0 Å². The molecule has 1 atom stereocenters. The first-order valence-corrected chi connectivity index (χ1v) is 5.22. The van der Waals surface area contributed by atoms with E-state index in [0.29, 0.717) is 17.1 Å². The number of nitrogens with two attached hydrogens (primary N) is 2. The number of esters is 1. The molecule has 0 aliphatic rings. The normalized spacial score (nSPS) is 12.2. The van der Waals surface area contributed by atoms with Crippen LogP contribution >= 0.6 is 11.6 Å². The lowest BCUT2D eigenvalue weighted by atomic mass is 10.0. The van der Waals surface area contributed by atoms with E-state index in [2.05, 4.69) is 4.74 Å². The van der Waals surface area contributed by atoms with E-state index in [-0.39, 0.29) is 0 Å². The third-order valence-electron chi connectivity index (χ3n) is 2.45. The minimum atomic E-state index is -0.703. The van der Waals surface area contributed by atoms with Crippen molar-refractivity contribution in [3.63, 3.8) is 0 Å². The van der Waals surface area contributed by atoms with Crippen molar-refractivity contribution in [2.45, 2.75) is 19.4 Å². The number of nitrogen functional groups attached to an aromatic ring is 1. The second kappa shape index (κ2) is 5.18. The Balaban J connectivity index is 2.90. The van der Waals surface area contributed by atoms with Gasteiger partial charge in [0.1, 0.15) is 6.04 Å². The molecule has 88 valence electrons. The first-order valence-electron chi connectivity index (χ1n) is 4.84. The Kier molecular flexibility index (Phi) is 4.15. The zero-order valence-corrected chi connectivity index (χ0v) is 10.0. The average molecular weight is 243 g/mol. The maximum Gasteiger partial charge on any atom is 0.322 e. The van der Waals surface area contributed by atoms with Crippen LogP contribution in [0.4, 0.5) is 5.69 Å². The lowest BCUT2D eigenvalue weighted by Crippen LogP contribution is -2.33. The van der Waals surface area contributed by atoms with Crippen LogP contribution in [-0.2, 0) is 16.0 Å². The minimum absolute atomic E-state index is 0.340. The molecule has 0 saturated carbocycles. The first-order chi connectivity index (χ1) is 7.47. The summed E-state index contributed by atoms with van der Waals surface area (Å²) in [6.45, 7) is 1.82. The third kappa shape index (κ3) is 2.65. The SMILES string of the molecule is COC(=O)[C@H](N)Cc1ccc(N)c(C)c1Cl. The lowest BCUT2D eigenvalue weighted by Gasteiger charge is -2.12. The number of rotatable bonds is 3. The molecule has 0 bridgehead atoms. The van der Waals surface area contributed by atoms with E-state index in [1.54, 1.807) is 12.1 Å². The fourth-order valence-electron chi connectivity index (χ4n) is 1.39. The molecule has 0 heterocycles. The van der Waals surface area contributed by atoms with Crippen LogP contribution in [0.1, 0.15) is 11.1 Å². The van der Waals surface area contributed by atoms with E-state index < -0.39 is 12.0 Å². The van der Waals surface area contributed by atoms with Crippen molar-refractivity contribution in [3.05, 3.63) is 28.3 Å². The molecule has 0 amide bonds. The number of anilines is 1. The summed E-state index contributed by atoms with van der Waals surface area (Å²) in [6.07, 6.45) is 0.340. The van der Waals surface area contributed by atoms with Crippen molar-refractivity contribution in [1.82, 2.24) is 0 Å². The summed E-state index contributed by atoms with van der Waals surface area (Å²) in [5.74, 6) is -0.453. The first kappa shape index (κ1) is 12.8. The van der Waals surface area contributed by atoms with Crippen molar-refractivity contribution in [1.29, 1.82) is 0 Å². The van der Waals surface area contributed by atoms with Gasteiger partial charge in [-0.2, -0.15) is 0 Å². The summed E-state index contributed by atoms with van der Waals surface area (Å²) in [7, 11) is 1.30. The van der Waals surface area contributed by atoms with E-state index in [1.807, 2.05) is 6.92 Å². The van der Waals surface area contributed by atoms with Crippen LogP contribution in [0.25, 0.3) is 0 Å². The van der Waals surface area contributed by atoms with Gasteiger partial charge in [-0.3, -0.25) is 4.79 Å². The zero-order valence-electron chi connectivity index (χ0n) is 9.29. The highest BCUT2D eigenvalue weighted by Crippen LogP contribution is 2.26. The highest BCUT2D eigenvalue weighted by Gasteiger charge is 2.16. The summed E-state index contributed by atoms with van der Waals surface area (Å²) in [6, 6.07) is 2.82. The van der Waals surface area contributed by atoms with Crippen molar-refractivity contribution in [2.75, 3.05) is 12.8 Å². The van der Waals surface area contributed by atoms with Crippen LogP contribution in [0.2, 0.25) is 5.02 Å². The highest BCUT2D eigenvalue weighted by atomic mass is 35.5. The Morgan fingerprint density at radius 3 is 2.75 bits per heavy atom. The van der Waals surface area contributed by atoms with Gasteiger partial charge in [-0.05, 0) is 30.5 Å². The van der Waals surface area contributed by atoms with Gasteiger partial charge in [-0.25, -0.2) is 0 Å². The van der Waals surface area contributed by atoms with Crippen LogP contribution in [0.15, 0.2) is 12.1 Å². The van der Waals surface area contributed by atoms with Gasteiger partial charge in [0.2, 0.25) is 0 Å². The molecule has 1 rings (SSSR count). The minimum Gasteiger partial charge on any atom is -0.468 e. The Hall–Kier alpha value is -1.26. The molecule has 4 N–H and O–H groups in total. The number of methoxy groups -OCH3 is 1. The molecule has 1 aromatic rings. The number of halogens is 1. The highest BCUT2D eigenvalue weighted by molar-refractivity contribution is 6.32. The number of carbonyl (C=O) groups is 1. The van der Waals surface area contributed by atoms with Gasteiger partial charge in [0, 0.05) is 10.7 Å². The monoisotopic (exact) mass is 242 g/mol. The van der Waals surface area contributed by atoms with Crippen LogP contribution in [0.3, 0.4) is 0 Å². The Labute approximate surface area is 99.5 Å². The average Bonchev–Trinajstić information content (AvgIpc) is 2.28. The van der Waals surface area contributed by atoms with Crippen LogP contribution in [0.5, 0.6) is 0 Å². The smallest absolute Gasteiger partial charge is 0.322 e. The van der Waals surface area contributed by atoms with E-state index in [4.69, 9.17) is 23.1 Å². The molecular weight excluding hydrogens is 228 g/mol. The molecular formula is C11H15ClN2O2. The predicted molar refractivity (Wildman–Crippen MR) is 64.3 cm³/mol. The number of hydrogen-bond acceptors (Lipinski definition) is 4. The van der Waals surface area contributed by atoms with Crippen LogP contribution < -0.4 is 11.5 Å². The molecule has 5 heteroatoms. The maximum atomic E-state index is 11.2. The van der Waals surface area contributed by atoms with E-state index in [0.717, 1.165) is 11.1 Å². The van der Waals surface area contributed by atoms with Crippen LogP contribution in [-0.4, -0.2) is 19.1 Å². The molecule has 0 aliphatic carbocycles. The predicted octanol–water partition coefficient (Wildman–Crippen LogP) is 1.27. The molecule has 16 heavy (non-hydrogen) atoms. The topological polar surface area (TPSA) is 78.3 Å². The molecule has 4 nitrogen and oxygen atoms in total. The van der Waals surface area contributed by atoms with Gasteiger partial charge < -0.3 is 16.2 Å². The van der Waals surface area contributed by atoms with E-state index in [1.165, 1.54) is 7.11 Å². The number of carbonyl (C=O) groups excluding carboxylic acids is 1. The van der Waals surface area contributed by atoms with Gasteiger partial charge >= 0.3 is 5.97 Å². The summed E-state index contributed by atoms with van der Waals surface area (Å²) in [5, 5.41) is 0.555. The number of ether oxygens (including phenoxy) is 1. The fraction of sp³-hybridized carbons (Fsp3) is 0.364. The van der Waals surface area contributed by atoms with Crippen molar-refractivity contribution >= 4 is 23.3 Å². The quantitative estimate of drug-likeness (QED) is 0.618.